The molecule has 2 amide bonds. The fourth-order valence-corrected chi connectivity index (χ4v) is 1.87. The molecular weight excluding hydrogens is 250 g/mol. The van der Waals surface area contributed by atoms with Crippen LogP contribution in [0.3, 0.4) is 0 Å². The van der Waals surface area contributed by atoms with Crippen LogP contribution in [-0.4, -0.2) is 83.4 Å². The zero-order chi connectivity index (χ0) is 14.1. The summed E-state index contributed by atoms with van der Waals surface area (Å²) in [4.78, 5) is 26.2. The van der Waals surface area contributed by atoms with Crippen LogP contribution in [0.1, 0.15) is 0 Å². The topological polar surface area (TPSA) is 72.3 Å². The lowest BCUT2D eigenvalue weighted by Gasteiger charge is -2.27. The number of nitrogens with one attached hydrogen (secondary N) is 2. The highest BCUT2D eigenvalue weighted by atomic mass is 16.5. The quantitative estimate of drug-likeness (QED) is 0.489. The molecule has 1 rings (SSSR count). The van der Waals surface area contributed by atoms with Gasteiger partial charge in [-0.2, -0.15) is 0 Å². The Labute approximate surface area is 113 Å². The minimum atomic E-state index is -0.0654. The Bertz CT molecular complexity index is 293. The summed E-state index contributed by atoms with van der Waals surface area (Å²) in [6, 6.07) is 0. The van der Waals surface area contributed by atoms with E-state index in [1.165, 1.54) is 0 Å². The molecule has 1 fully saturated rings. The maximum atomic E-state index is 11.9. The summed E-state index contributed by atoms with van der Waals surface area (Å²) in [7, 11) is 3.43. The smallest absolute Gasteiger partial charge is 0.277 e. The van der Waals surface area contributed by atoms with Gasteiger partial charge >= 0.3 is 0 Å². The molecule has 0 aliphatic carbocycles. The summed E-state index contributed by atoms with van der Waals surface area (Å²) in [5.41, 5.74) is 0. The lowest BCUT2D eigenvalue weighted by atomic mass is 10.3. The van der Waals surface area contributed by atoms with Gasteiger partial charge in [-0.1, -0.05) is 0 Å². The SMILES string of the molecule is COCCNC(=O)C[NH+](C)CC(=O)N1CCOCC1. The lowest BCUT2D eigenvalue weighted by molar-refractivity contribution is -0.863. The normalized spacial score (nSPS) is 17.1. The van der Waals surface area contributed by atoms with Crippen LogP contribution in [0.4, 0.5) is 0 Å². The maximum absolute atomic E-state index is 11.9. The molecule has 1 aliphatic heterocycles. The zero-order valence-electron chi connectivity index (χ0n) is 11.7. The average Bonchev–Trinajstić information content (AvgIpc) is 2.39. The molecule has 0 aromatic heterocycles. The summed E-state index contributed by atoms with van der Waals surface area (Å²) in [5, 5.41) is 2.74. The fraction of sp³-hybridized carbons (Fsp3) is 0.833. The summed E-state index contributed by atoms with van der Waals surface area (Å²) in [6.45, 7) is 4.11. The van der Waals surface area contributed by atoms with Crippen LogP contribution in [0, 0.1) is 0 Å². The molecule has 1 atom stereocenters. The maximum Gasteiger partial charge on any atom is 0.277 e. The minimum Gasteiger partial charge on any atom is -0.383 e. The number of methoxy groups -OCH3 is 1. The van der Waals surface area contributed by atoms with E-state index in [2.05, 4.69) is 5.32 Å². The van der Waals surface area contributed by atoms with Crippen LogP contribution in [0.15, 0.2) is 0 Å². The first-order valence-electron chi connectivity index (χ1n) is 6.56. The lowest BCUT2D eigenvalue weighted by Crippen LogP contribution is -3.11. The number of carbonyl (C=O) groups excluding carboxylic acids is 2. The van der Waals surface area contributed by atoms with E-state index in [1.54, 1.807) is 12.0 Å². The van der Waals surface area contributed by atoms with E-state index in [0.717, 1.165) is 4.90 Å². The first kappa shape index (κ1) is 15.9. The second kappa shape index (κ2) is 8.84. The van der Waals surface area contributed by atoms with E-state index >= 15 is 0 Å². The molecule has 110 valence electrons. The molecule has 7 heteroatoms. The molecule has 2 N–H and O–H groups in total. The predicted octanol–water partition coefficient (Wildman–Crippen LogP) is -2.88. The van der Waals surface area contributed by atoms with E-state index in [1.807, 2.05) is 7.05 Å². The van der Waals surface area contributed by atoms with Crippen LogP contribution in [-0.2, 0) is 19.1 Å². The van der Waals surface area contributed by atoms with Gasteiger partial charge in [0.25, 0.3) is 11.8 Å². The standard InChI is InChI=1S/C12H23N3O4/c1-14(9-11(16)13-3-6-18-2)10-12(17)15-4-7-19-8-5-15/h3-10H2,1-2H3,(H,13,16)/p+1. The molecule has 1 saturated heterocycles. The largest absolute Gasteiger partial charge is 0.383 e. The molecule has 7 nitrogen and oxygen atoms in total. The van der Waals surface area contributed by atoms with Crippen molar-refractivity contribution in [1.82, 2.24) is 10.2 Å². The molecule has 0 aromatic carbocycles. The van der Waals surface area contributed by atoms with Gasteiger partial charge in [0.05, 0.1) is 26.9 Å². The van der Waals surface area contributed by atoms with Gasteiger partial charge in [0.1, 0.15) is 0 Å². The first-order chi connectivity index (χ1) is 9.13. The third-order valence-corrected chi connectivity index (χ3v) is 2.91. The molecule has 1 aliphatic rings. The Morgan fingerprint density at radius 3 is 2.63 bits per heavy atom. The second-order valence-corrected chi connectivity index (χ2v) is 4.65. The molecule has 0 aromatic rings. The number of likely N-dealkylation sites (N-methyl/N-ethyl adjacent to an activating group) is 1. The number of ether oxygens (including phenoxy) is 2. The summed E-state index contributed by atoms with van der Waals surface area (Å²) in [5.74, 6) is 0.00909. The van der Waals surface area contributed by atoms with Gasteiger partial charge in [-0.25, -0.2) is 0 Å². The van der Waals surface area contributed by atoms with E-state index in [0.29, 0.717) is 52.5 Å². The Balaban J connectivity index is 2.20. The van der Waals surface area contributed by atoms with Gasteiger partial charge in [0.15, 0.2) is 13.1 Å². The molecular formula is C12H24N3O4+. The third kappa shape index (κ3) is 6.51. The van der Waals surface area contributed by atoms with Crippen molar-refractivity contribution in [2.24, 2.45) is 0 Å². The number of rotatable bonds is 7. The zero-order valence-corrected chi connectivity index (χ0v) is 11.7. The van der Waals surface area contributed by atoms with Crippen molar-refractivity contribution in [3.8, 4) is 0 Å². The van der Waals surface area contributed by atoms with Crippen molar-refractivity contribution in [3.63, 3.8) is 0 Å². The third-order valence-electron chi connectivity index (χ3n) is 2.91. The van der Waals surface area contributed by atoms with Crippen molar-refractivity contribution < 1.29 is 24.0 Å². The minimum absolute atomic E-state index is 0.0654. The molecule has 0 radical (unpaired) electrons. The highest BCUT2D eigenvalue weighted by molar-refractivity contribution is 5.79. The van der Waals surface area contributed by atoms with Crippen molar-refractivity contribution in [1.29, 1.82) is 0 Å². The van der Waals surface area contributed by atoms with E-state index in [-0.39, 0.29) is 11.8 Å². The van der Waals surface area contributed by atoms with Gasteiger partial charge in [-0.15, -0.1) is 0 Å². The van der Waals surface area contributed by atoms with Crippen molar-refractivity contribution in [3.05, 3.63) is 0 Å². The number of hydrogen-bond donors (Lipinski definition) is 2. The highest BCUT2D eigenvalue weighted by Crippen LogP contribution is 1.95. The second-order valence-electron chi connectivity index (χ2n) is 4.65. The van der Waals surface area contributed by atoms with Crippen molar-refractivity contribution in [2.45, 2.75) is 0 Å². The van der Waals surface area contributed by atoms with Crippen LogP contribution in [0.5, 0.6) is 0 Å². The van der Waals surface area contributed by atoms with E-state index in [4.69, 9.17) is 9.47 Å². The van der Waals surface area contributed by atoms with Gasteiger partial charge < -0.3 is 24.6 Å². The number of carbonyl (C=O) groups is 2. The Morgan fingerprint density at radius 1 is 1.32 bits per heavy atom. The van der Waals surface area contributed by atoms with Gasteiger partial charge in [-0.3, -0.25) is 9.59 Å². The van der Waals surface area contributed by atoms with E-state index in [9.17, 15) is 9.59 Å². The number of morpholine rings is 1. The van der Waals surface area contributed by atoms with Crippen LogP contribution >= 0.6 is 0 Å². The Morgan fingerprint density at radius 2 is 2.00 bits per heavy atom. The van der Waals surface area contributed by atoms with Crippen LogP contribution < -0.4 is 10.2 Å². The summed E-state index contributed by atoms with van der Waals surface area (Å²) < 4.78 is 10.0. The fourth-order valence-electron chi connectivity index (χ4n) is 1.87. The highest BCUT2D eigenvalue weighted by Gasteiger charge is 2.21. The monoisotopic (exact) mass is 274 g/mol. The number of amides is 2. The Kier molecular flexibility index (Phi) is 7.39. The van der Waals surface area contributed by atoms with Crippen molar-refractivity contribution >= 4 is 11.8 Å². The van der Waals surface area contributed by atoms with Crippen molar-refractivity contribution in [2.75, 3.05) is 66.7 Å². The molecule has 0 bridgehead atoms. The van der Waals surface area contributed by atoms with E-state index < -0.39 is 0 Å². The summed E-state index contributed by atoms with van der Waals surface area (Å²) in [6.07, 6.45) is 0. The number of nitrogens with zero attached hydrogens (tertiary/aromatic N) is 1. The molecule has 1 unspecified atom stereocenters. The number of hydrogen-bond acceptors (Lipinski definition) is 4. The first-order valence-corrected chi connectivity index (χ1v) is 6.56. The molecule has 0 spiro atoms. The van der Waals surface area contributed by atoms with Gasteiger partial charge in [0, 0.05) is 26.7 Å². The van der Waals surface area contributed by atoms with Gasteiger partial charge in [0.2, 0.25) is 0 Å². The molecule has 0 saturated carbocycles. The molecule has 19 heavy (non-hydrogen) atoms. The average molecular weight is 274 g/mol. The Hall–Kier alpha value is -1.18. The molecule has 1 heterocycles. The summed E-state index contributed by atoms with van der Waals surface area (Å²) >= 11 is 0. The van der Waals surface area contributed by atoms with Gasteiger partial charge in [-0.05, 0) is 0 Å². The number of quaternary nitrogens is 1. The van der Waals surface area contributed by atoms with Crippen LogP contribution in [0.2, 0.25) is 0 Å². The predicted molar refractivity (Wildman–Crippen MR) is 68.9 cm³/mol. The van der Waals surface area contributed by atoms with Crippen LogP contribution in [0.25, 0.3) is 0 Å².